The summed E-state index contributed by atoms with van der Waals surface area (Å²) in [6.45, 7) is 2.34. The molecule has 1 heterocycles. The molecule has 3 rings (SSSR count). The van der Waals surface area contributed by atoms with E-state index in [4.69, 9.17) is 9.47 Å². The first kappa shape index (κ1) is 24.8. The Hall–Kier alpha value is -1.82. The third-order valence-corrected chi connectivity index (χ3v) is 6.95. The Morgan fingerprint density at radius 2 is 1.84 bits per heavy atom. The van der Waals surface area contributed by atoms with Gasteiger partial charge in [0.2, 0.25) is 0 Å². The largest absolute Gasteiger partial charge is 0.416 e. The monoisotopic (exact) mass is 536 g/mol. The molecule has 11 heteroatoms. The highest BCUT2D eigenvalue weighted by Gasteiger charge is 2.32. The van der Waals surface area contributed by atoms with Crippen molar-refractivity contribution in [2.45, 2.75) is 30.0 Å². The van der Waals surface area contributed by atoms with Crippen LogP contribution < -0.4 is 9.62 Å². The van der Waals surface area contributed by atoms with E-state index in [-0.39, 0.29) is 11.8 Å². The highest BCUT2D eigenvalue weighted by atomic mass is 79.9. The molecule has 1 saturated heterocycles. The molecule has 2 aromatic rings. The van der Waals surface area contributed by atoms with Gasteiger partial charge in [0.25, 0.3) is 10.0 Å². The number of methoxy groups -OCH3 is 1. The first-order chi connectivity index (χ1) is 15.1. The molecule has 0 spiro atoms. The molecule has 0 atom stereocenters. The number of piperidine rings is 1. The van der Waals surface area contributed by atoms with Crippen LogP contribution in [-0.2, 0) is 25.7 Å². The van der Waals surface area contributed by atoms with Crippen LogP contribution in [0.15, 0.2) is 51.8 Å². The van der Waals surface area contributed by atoms with E-state index in [1.165, 1.54) is 0 Å². The number of anilines is 2. The van der Waals surface area contributed by atoms with Crippen LogP contribution in [0.4, 0.5) is 24.5 Å². The van der Waals surface area contributed by atoms with Crippen molar-refractivity contribution in [1.29, 1.82) is 0 Å². The number of rotatable bonds is 8. The van der Waals surface area contributed by atoms with E-state index in [1.54, 1.807) is 25.3 Å². The lowest BCUT2D eigenvalue weighted by Gasteiger charge is -2.34. The molecule has 1 fully saturated rings. The van der Waals surface area contributed by atoms with Crippen molar-refractivity contribution in [3.63, 3.8) is 0 Å². The summed E-state index contributed by atoms with van der Waals surface area (Å²) in [6, 6.07) is 8.84. The fraction of sp³-hybridized carbons (Fsp3) is 0.429. The summed E-state index contributed by atoms with van der Waals surface area (Å²) in [5.74, 6) is 0. The molecule has 1 N–H and O–H groups in total. The Labute approximate surface area is 193 Å². The summed E-state index contributed by atoms with van der Waals surface area (Å²) in [5, 5.41) is 0. The van der Waals surface area contributed by atoms with Crippen LogP contribution in [0.25, 0.3) is 0 Å². The zero-order valence-corrected chi connectivity index (χ0v) is 19.8. The molecule has 0 aliphatic carbocycles. The summed E-state index contributed by atoms with van der Waals surface area (Å²) in [5.41, 5.74) is -0.0833. The second-order valence-corrected chi connectivity index (χ2v) is 9.94. The van der Waals surface area contributed by atoms with Crippen molar-refractivity contribution >= 4 is 37.3 Å². The second kappa shape index (κ2) is 10.4. The average Bonchev–Trinajstić information content (AvgIpc) is 2.74. The molecule has 1 aliphatic rings. The van der Waals surface area contributed by atoms with E-state index in [2.05, 4.69) is 20.7 Å². The fourth-order valence-electron chi connectivity index (χ4n) is 3.47. The van der Waals surface area contributed by atoms with Crippen molar-refractivity contribution in [2.24, 2.45) is 0 Å². The van der Waals surface area contributed by atoms with Gasteiger partial charge >= 0.3 is 6.18 Å². The Morgan fingerprint density at radius 1 is 1.12 bits per heavy atom. The molecule has 0 saturated carbocycles. The van der Waals surface area contributed by atoms with E-state index in [9.17, 15) is 21.6 Å². The van der Waals surface area contributed by atoms with Gasteiger partial charge in [-0.25, -0.2) is 8.42 Å². The number of alkyl halides is 3. The van der Waals surface area contributed by atoms with Gasteiger partial charge in [0.1, 0.15) is 0 Å². The van der Waals surface area contributed by atoms with Gasteiger partial charge in [-0.1, -0.05) is 22.0 Å². The smallest absolute Gasteiger partial charge is 0.382 e. The lowest BCUT2D eigenvalue weighted by molar-refractivity contribution is -0.137. The second-order valence-electron chi connectivity index (χ2n) is 7.34. The zero-order valence-electron chi connectivity index (χ0n) is 17.4. The number of nitrogens with one attached hydrogen (secondary N) is 1. The molecular weight excluding hydrogens is 513 g/mol. The normalized spacial score (nSPS) is 15.7. The third-order valence-electron chi connectivity index (χ3n) is 5.10. The Balaban J connectivity index is 1.79. The molecular formula is C21H24BrF3N2O4S. The Morgan fingerprint density at radius 3 is 2.50 bits per heavy atom. The average molecular weight is 537 g/mol. The van der Waals surface area contributed by atoms with E-state index < -0.39 is 26.7 Å². The number of halogens is 4. The molecule has 6 nitrogen and oxygen atoms in total. The van der Waals surface area contributed by atoms with Crippen LogP contribution in [0.2, 0.25) is 0 Å². The minimum atomic E-state index is -4.64. The van der Waals surface area contributed by atoms with Crippen LogP contribution in [-0.4, -0.2) is 47.9 Å². The minimum absolute atomic E-state index is 0.0992. The standard InChI is InChI=1S/C21H24BrF3N2O4S/c1-30-11-12-31-17-7-9-27(10-8-17)20-6-5-16(22)14-19(20)26-32(28,29)18-4-2-3-15(13-18)21(23,24)25/h2-6,13-14,17,26H,7-12H2,1H3. The molecule has 32 heavy (non-hydrogen) atoms. The minimum Gasteiger partial charge on any atom is -0.382 e. The van der Waals surface area contributed by atoms with Crippen molar-refractivity contribution in [3.05, 3.63) is 52.5 Å². The maximum Gasteiger partial charge on any atom is 0.416 e. The Kier molecular flexibility index (Phi) is 8.07. The highest BCUT2D eigenvalue weighted by Crippen LogP contribution is 2.35. The summed E-state index contributed by atoms with van der Waals surface area (Å²) in [4.78, 5) is 1.58. The first-order valence-electron chi connectivity index (χ1n) is 9.95. The fourth-order valence-corrected chi connectivity index (χ4v) is 4.94. The lowest BCUT2D eigenvalue weighted by atomic mass is 10.1. The van der Waals surface area contributed by atoms with Gasteiger partial charge in [-0.05, 0) is 49.2 Å². The topological polar surface area (TPSA) is 67.9 Å². The number of nitrogens with zero attached hydrogens (tertiary/aromatic N) is 1. The van der Waals surface area contributed by atoms with Crippen LogP contribution in [0, 0.1) is 0 Å². The summed E-state index contributed by atoms with van der Waals surface area (Å²) < 4.78 is 78.7. The molecule has 2 aromatic carbocycles. The molecule has 0 bridgehead atoms. The number of hydrogen-bond donors (Lipinski definition) is 1. The van der Waals surface area contributed by atoms with Gasteiger partial charge in [-0.2, -0.15) is 13.2 Å². The summed E-state index contributed by atoms with van der Waals surface area (Å²) in [6.07, 6.45) is -3.01. The predicted molar refractivity (Wildman–Crippen MR) is 119 cm³/mol. The quantitative estimate of drug-likeness (QED) is 0.486. The van der Waals surface area contributed by atoms with Crippen LogP contribution >= 0.6 is 15.9 Å². The number of ether oxygens (including phenoxy) is 2. The zero-order chi connectivity index (χ0) is 23.4. The molecule has 0 amide bonds. The summed E-state index contributed by atoms with van der Waals surface area (Å²) in [7, 11) is -2.62. The van der Waals surface area contributed by atoms with Gasteiger partial charge in [-0.15, -0.1) is 0 Å². The van der Waals surface area contributed by atoms with Crippen molar-refractivity contribution < 1.29 is 31.1 Å². The SMILES string of the molecule is COCCOC1CCN(c2ccc(Br)cc2NS(=O)(=O)c2cccc(C(F)(F)F)c2)CC1. The van der Waals surface area contributed by atoms with Crippen LogP contribution in [0.3, 0.4) is 0 Å². The van der Waals surface area contributed by atoms with Crippen molar-refractivity contribution in [1.82, 2.24) is 0 Å². The summed E-state index contributed by atoms with van der Waals surface area (Å²) >= 11 is 3.33. The molecule has 176 valence electrons. The van der Waals surface area contributed by atoms with Crippen LogP contribution in [0.5, 0.6) is 0 Å². The van der Waals surface area contributed by atoms with E-state index >= 15 is 0 Å². The lowest BCUT2D eigenvalue weighted by Crippen LogP contribution is -2.37. The number of hydrogen-bond acceptors (Lipinski definition) is 5. The maximum absolute atomic E-state index is 13.0. The molecule has 1 aliphatic heterocycles. The number of benzene rings is 2. The maximum atomic E-state index is 13.0. The van der Waals surface area contributed by atoms with E-state index in [0.29, 0.717) is 42.5 Å². The predicted octanol–water partition coefficient (Wildman–Crippen LogP) is 4.90. The van der Waals surface area contributed by atoms with E-state index in [0.717, 1.165) is 31.0 Å². The molecule has 0 radical (unpaired) electrons. The van der Waals surface area contributed by atoms with Gasteiger partial charge in [0.15, 0.2) is 0 Å². The Bertz CT molecular complexity index is 1030. The molecule has 0 unspecified atom stereocenters. The van der Waals surface area contributed by atoms with E-state index in [1.807, 2.05) is 4.90 Å². The first-order valence-corrected chi connectivity index (χ1v) is 12.2. The van der Waals surface area contributed by atoms with Gasteiger partial charge < -0.3 is 14.4 Å². The molecule has 0 aromatic heterocycles. The van der Waals surface area contributed by atoms with Gasteiger partial charge in [0, 0.05) is 24.7 Å². The highest BCUT2D eigenvalue weighted by molar-refractivity contribution is 9.10. The third kappa shape index (κ3) is 6.37. The van der Waals surface area contributed by atoms with Gasteiger partial charge in [-0.3, -0.25) is 4.72 Å². The van der Waals surface area contributed by atoms with Crippen molar-refractivity contribution in [2.75, 3.05) is 43.0 Å². The van der Waals surface area contributed by atoms with Crippen molar-refractivity contribution in [3.8, 4) is 0 Å². The van der Waals surface area contributed by atoms with Gasteiger partial charge in [0.05, 0.1) is 41.2 Å². The number of sulfonamides is 1. The van der Waals surface area contributed by atoms with Crippen LogP contribution in [0.1, 0.15) is 18.4 Å².